The first-order valence-corrected chi connectivity index (χ1v) is 14.0. The van der Waals surface area contributed by atoms with Gasteiger partial charge in [0.2, 0.25) is 15.9 Å². The van der Waals surface area contributed by atoms with Gasteiger partial charge >= 0.3 is 0 Å². The fourth-order valence-electron chi connectivity index (χ4n) is 4.09. The Labute approximate surface area is 211 Å². The van der Waals surface area contributed by atoms with E-state index in [-0.39, 0.29) is 29.8 Å². The third-order valence-corrected chi connectivity index (χ3v) is 8.47. The molecule has 1 amide bonds. The largest absolute Gasteiger partial charge is 0.332 e. The van der Waals surface area contributed by atoms with E-state index in [0.717, 1.165) is 15.8 Å². The Kier molecular flexibility index (Phi) is 8.00. The van der Waals surface area contributed by atoms with Crippen LogP contribution in [0.1, 0.15) is 24.3 Å². The molecule has 3 aromatic carbocycles. The Bertz CT molecular complexity index is 1360. The molecule has 0 N–H and O–H groups in total. The lowest BCUT2D eigenvalue weighted by atomic mass is 10.1. The summed E-state index contributed by atoms with van der Waals surface area (Å²) >= 11 is 1.59. The highest BCUT2D eigenvalue weighted by atomic mass is 32.2. The Morgan fingerprint density at radius 1 is 0.857 bits per heavy atom. The Hall–Kier alpha value is -3.00. The van der Waals surface area contributed by atoms with Gasteiger partial charge in [-0.3, -0.25) is 4.79 Å². The van der Waals surface area contributed by atoms with E-state index in [1.807, 2.05) is 92.0 Å². The van der Waals surface area contributed by atoms with Crippen LogP contribution in [0.2, 0.25) is 0 Å². The molecule has 0 unspecified atom stereocenters. The first-order valence-electron chi connectivity index (χ1n) is 11.7. The molecular weight excluding hydrogens is 476 g/mol. The molecule has 0 saturated carbocycles. The number of fused-ring (bicyclic) bond motifs is 1. The van der Waals surface area contributed by atoms with Gasteiger partial charge in [-0.1, -0.05) is 86.6 Å². The van der Waals surface area contributed by atoms with E-state index in [1.54, 1.807) is 28.4 Å². The van der Waals surface area contributed by atoms with E-state index in [0.29, 0.717) is 18.5 Å². The van der Waals surface area contributed by atoms with Crippen molar-refractivity contribution in [1.82, 2.24) is 9.21 Å². The van der Waals surface area contributed by atoms with Gasteiger partial charge in [-0.05, 0) is 34.4 Å². The van der Waals surface area contributed by atoms with Crippen LogP contribution in [-0.2, 0) is 27.9 Å². The highest BCUT2D eigenvalue weighted by molar-refractivity contribution is 7.89. The number of benzene rings is 3. The van der Waals surface area contributed by atoms with Crippen LogP contribution in [0, 0.1) is 5.92 Å². The third kappa shape index (κ3) is 6.17. The molecule has 0 aliphatic rings. The van der Waals surface area contributed by atoms with Crippen LogP contribution in [0.4, 0.5) is 0 Å². The Balaban J connectivity index is 1.65. The number of carbonyl (C=O) groups is 1. The van der Waals surface area contributed by atoms with Gasteiger partial charge in [-0.2, -0.15) is 4.31 Å². The van der Waals surface area contributed by atoms with E-state index in [4.69, 9.17) is 0 Å². The van der Waals surface area contributed by atoms with Gasteiger partial charge in [0.1, 0.15) is 0 Å². The van der Waals surface area contributed by atoms with Crippen molar-refractivity contribution < 1.29 is 13.2 Å². The van der Waals surface area contributed by atoms with Gasteiger partial charge in [-0.15, -0.1) is 11.3 Å². The maximum atomic E-state index is 13.9. The summed E-state index contributed by atoms with van der Waals surface area (Å²) < 4.78 is 29.1. The van der Waals surface area contributed by atoms with Crippen LogP contribution in [0.5, 0.6) is 0 Å². The molecule has 0 bridgehead atoms. The monoisotopic (exact) mass is 506 g/mol. The summed E-state index contributed by atoms with van der Waals surface area (Å²) in [5.41, 5.74) is 1.00. The fraction of sp³-hybridized carbons (Fsp3) is 0.250. The minimum atomic E-state index is -3.90. The topological polar surface area (TPSA) is 57.7 Å². The normalized spacial score (nSPS) is 11.9. The van der Waals surface area contributed by atoms with Crippen LogP contribution in [0.3, 0.4) is 0 Å². The quantitative estimate of drug-likeness (QED) is 0.274. The zero-order chi connectivity index (χ0) is 24.8. The van der Waals surface area contributed by atoms with E-state index in [2.05, 4.69) is 0 Å². The molecule has 1 heterocycles. The summed E-state index contributed by atoms with van der Waals surface area (Å²) in [6.45, 7) is 4.83. The van der Waals surface area contributed by atoms with Crippen molar-refractivity contribution in [3.05, 3.63) is 101 Å². The second kappa shape index (κ2) is 11.2. The van der Waals surface area contributed by atoms with E-state index >= 15 is 0 Å². The summed E-state index contributed by atoms with van der Waals surface area (Å²) in [7, 11) is -3.90. The number of thiophene rings is 1. The molecule has 4 rings (SSSR count). The average Bonchev–Trinajstić information content (AvgIpc) is 3.36. The summed E-state index contributed by atoms with van der Waals surface area (Å²) in [4.78, 5) is 16.7. The summed E-state index contributed by atoms with van der Waals surface area (Å²) in [5, 5.41) is 3.50. The van der Waals surface area contributed by atoms with Crippen molar-refractivity contribution in [3.8, 4) is 0 Å². The molecule has 0 atom stereocenters. The zero-order valence-corrected chi connectivity index (χ0v) is 21.6. The maximum absolute atomic E-state index is 13.9. The molecule has 7 heteroatoms. The number of nitrogens with zero attached hydrogens (tertiary/aromatic N) is 2. The number of sulfonamides is 1. The van der Waals surface area contributed by atoms with Crippen LogP contribution in [0.25, 0.3) is 10.8 Å². The molecule has 0 aliphatic carbocycles. The maximum Gasteiger partial charge on any atom is 0.244 e. The number of rotatable bonds is 10. The van der Waals surface area contributed by atoms with Gasteiger partial charge < -0.3 is 4.90 Å². The van der Waals surface area contributed by atoms with Crippen molar-refractivity contribution in [2.45, 2.75) is 31.8 Å². The van der Waals surface area contributed by atoms with E-state index in [9.17, 15) is 13.2 Å². The SMILES string of the molecule is CC(C)CN(CC(=O)N(Cc1ccccc1)Cc1cccs1)S(=O)(=O)c1cccc2ccccc12. The van der Waals surface area contributed by atoms with E-state index in [1.165, 1.54) is 4.31 Å². The lowest BCUT2D eigenvalue weighted by Crippen LogP contribution is -2.43. The van der Waals surface area contributed by atoms with Gasteiger partial charge in [-0.25, -0.2) is 8.42 Å². The molecule has 1 aromatic heterocycles. The van der Waals surface area contributed by atoms with Crippen molar-refractivity contribution in [2.75, 3.05) is 13.1 Å². The second-order valence-corrected chi connectivity index (χ2v) is 11.9. The van der Waals surface area contributed by atoms with Crippen molar-refractivity contribution >= 4 is 38.0 Å². The molecule has 0 fully saturated rings. The first kappa shape index (κ1) is 25.1. The Morgan fingerprint density at radius 3 is 2.29 bits per heavy atom. The highest BCUT2D eigenvalue weighted by Crippen LogP contribution is 2.27. The third-order valence-electron chi connectivity index (χ3n) is 5.74. The molecule has 0 spiro atoms. The van der Waals surface area contributed by atoms with Crippen LogP contribution < -0.4 is 0 Å². The van der Waals surface area contributed by atoms with Crippen LogP contribution >= 0.6 is 11.3 Å². The predicted molar refractivity (Wildman–Crippen MR) is 143 cm³/mol. The van der Waals surface area contributed by atoms with Gasteiger partial charge in [0.25, 0.3) is 0 Å². The summed E-state index contributed by atoms with van der Waals surface area (Å²) in [6, 6.07) is 26.5. The average molecular weight is 507 g/mol. The smallest absolute Gasteiger partial charge is 0.244 e. The van der Waals surface area contributed by atoms with Gasteiger partial charge in [0, 0.05) is 23.4 Å². The summed E-state index contributed by atoms with van der Waals surface area (Å²) in [5.74, 6) is -0.154. The molecule has 5 nitrogen and oxygen atoms in total. The number of carbonyl (C=O) groups excluding carboxylic acids is 1. The standard InChI is InChI=1S/C28H30N2O3S2/c1-22(2)18-30(35(32,33)27-16-8-13-24-12-6-7-15-26(24)27)21-28(31)29(20-25-14-9-17-34-25)19-23-10-4-3-5-11-23/h3-17,22H,18-21H2,1-2H3. The van der Waals surface area contributed by atoms with Crippen molar-refractivity contribution in [1.29, 1.82) is 0 Å². The number of hydrogen-bond acceptors (Lipinski definition) is 4. The minimum absolute atomic E-state index is 0.0624. The molecule has 0 aliphatic heterocycles. The Morgan fingerprint density at radius 2 is 1.57 bits per heavy atom. The van der Waals surface area contributed by atoms with Gasteiger partial charge in [0.05, 0.1) is 18.0 Å². The van der Waals surface area contributed by atoms with Crippen molar-refractivity contribution in [3.63, 3.8) is 0 Å². The van der Waals surface area contributed by atoms with Crippen LogP contribution in [-0.4, -0.2) is 36.6 Å². The molecule has 182 valence electrons. The molecule has 0 radical (unpaired) electrons. The van der Waals surface area contributed by atoms with Crippen molar-refractivity contribution in [2.24, 2.45) is 5.92 Å². The number of hydrogen-bond donors (Lipinski definition) is 0. The minimum Gasteiger partial charge on any atom is -0.332 e. The fourth-order valence-corrected chi connectivity index (χ4v) is 6.58. The second-order valence-electron chi connectivity index (χ2n) is 8.98. The molecule has 35 heavy (non-hydrogen) atoms. The summed E-state index contributed by atoms with van der Waals surface area (Å²) in [6.07, 6.45) is 0. The lowest BCUT2D eigenvalue weighted by molar-refractivity contribution is -0.132. The molecular formula is C28H30N2O3S2. The first-order chi connectivity index (χ1) is 16.8. The zero-order valence-electron chi connectivity index (χ0n) is 20.0. The highest BCUT2D eigenvalue weighted by Gasteiger charge is 2.30. The molecule has 0 saturated heterocycles. The predicted octanol–water partition coefficient (Wildman–Crippen LogP) is 5.78. The number of amides is 1. The molecule has 4 aromatic rings. The van der Waals surface area contributed by atoms with Gasteiger partial charge in [0.15, 0.2) is 0 Å². The van der Waals surface area contributed by atoms with E-state index < -0.39 is 10.0 Å². The lowest BCUT2D eigenvalue weighted by Gasteiger charge is -2.28. The van der Waals surface area contributed by atoms with Crippen LogP contribution in [0.15, 0.2) is 95.2 Å².